The fraction of sp³-hybridized carbons (Fsp3) is 0.0476. The van der Waals surface area contributed by atoms with Gasteiger partial charge in [0.05, 0.1) is 5.69 Å². The summed E-state index contributed by atoms with van der Waals surface area (Å²) in [5.41, 5.74) is 2.99. The lowest BCUT2D eigenvalue weighted by atomic mass is 10.2. The summed E-state index contributed by atoms with van der Waals surface area (Å²) in [5, 5.41) is 15.3. The number of tetrazole rings is 1. The van der Waals surface area contributed by atoms with Crippen LogP contribution in [0.3, 0.4) is 0 Å². The molecule has 0 aliphatic rings. The van der Waals surface area contributed by atoms with Crippen LogP contribution in [-0.2, 0) is 5.75 Å². The molecule has 1 amide bonds. The summed E-state index contributed by atoms with van der Waals surface area (Å²) >= 11 is 1.44. The van der Waals surface area contributed by atoms with E-state index in [4.69, 9.17) is 0 Å². The fourth-order valence-electron chi connectivity index (χ4n) is 2.64. The Morgan fingerprint density at radius 2 is 1.69 bits per heavy atom. The summed E-state index contributed by atoms with van der Waals surface area (Å²) < 4.78 is 14.6. The minimum Gasteiger partial charge on any atom is -0.322 e. The van der Waals surface area contributed by atoms with Crippen molar-refractivity contribution in [1.82, 2.24) is 20.2 Å². The molecule has 4 aromatic rings. The first kappa shape index (κ1) is 18.8. The maximum absolute atomic E-state index is 13.0. The van der Waals surface area contributed by atoms with E-state index in [1.54, 1.807) is 41.1 Å². The third kappa shape index (κ3) is 4.67. The van der Waals surface area contributed by atoms with E-state index in [1.165, 1.54) is 23.9 Å². The number of hydrogen-bond donors (Lipinski definition) is 1. The molecule has 0 spiro atoms. The van der Waals surface area contributed by atoms with Crippen LogP contribution < -0.4 is 5.32 Å². The van der Waals surface area contributed by atoms with E-state index in [0.717, 1.165) is 16.9 Å². The molecule has 0 bridgehead atoms. The average molecular weight is 405 g/mol. The molecule has 0 saturated heterocycles. The molecule has 29 heavy (non-hydrogen) atoms. The molecule has 8 heteroatoms. The van der Waals surface area contributed by atoms with Gasteiger partial charge in [0, 0.05) is 17.0 Å². The van der Waals surface area contributed by atoms with Gasteiger partial charge in [-0.25, -0.2) is 4.39 Å². The summed E-state index contributed by atoms with van der Waals surface area (Å²) in [4.78, 5) is 12.4. The molecule has 0 unspecified atom stereocenters. The quantitative estimate of drug-likeness (QED) is 0.483. The normalized spacial score (nSPS) is 10.7. The van der Waals surface area contributed by atoms with Gasteiger partial charge in [-0.1, -0.05) is 42.1 Å². The number of rotatable bonds is 6. The molecule has 0 aliphatic carbocycles. The molecule has 4 rings (SSSR count). The van der Waals surface area contributed by atoms with E-state index in [1.807, 2.05) is 30.3 Å². The van der Waals surface area contributed by atoms with Crippen LogP contribution in [0.2, 0.25) is 0 Å². The number of benzene rings is 3. The number of amides is 1. The van der Waals surface area contributed by atoms with Crippen molar-refractivity contribution < 1.29 is 9.18 Å². The van der Waals surface area contributed by atoms with Crippen LogP contribution in [0.15, 0.2) is 84.0 Å². The fourth-order valence-corrected chi connectivity index (χ4v) is 3.48. The van der Waals surface area contributed by atoms with Gasteiger partial charge in [0.15, 0.2) is 0 Å². The van der Waals surface area contributed by atoms with Crippen molar-refractivity contribution in [1.29, 1.82) is 0 Å². The monoisotopic (exact) mass is 405 g/mol. The van der Waals surface area contributed by atoms with Crippen molar-refractivity contribution >= 4 is 23.4 Å². The molecule has 144 valence electrons. The van der Waals surface area contributed by atoms with E-state index in [2.05, 4.69) is 20.8 Å². The Labute approximate surface area is 170 Å². The van der Waals surface area contributed by atoms with Gasteiger partial charge in [0.1, 0.15) is 5.82 Å². The number of nitrogens with zero attached hydrogens (tertiary/aromatic N) is 4. The smallest absolute Gasteiger partial charge is 0.255 e. The lowest BCUT2D eigenvalue weighted by Gasteiger charge is -2.07. The van der Waals surface area contributed by atoms with Gasteiger partial charge in [-0.2, -0.15) is 4.68 Å². The number of anilines is 1. The Balaban J connectivity index is 1.45. The second-order valence-corrected chi connectivity index (χ2v) is 7.10. The Morgan fingerprint density at radius 1 is 0.966 bits per heavy atom. The molecule has 1 aromatic heterocycles. The predicted octanol–water partition coefficient (Wildman–Crippen LogP) is 4.35. The molecular weight excluding hydrogens is 389 g/mol. The number of nitrogens with one attached hydrogen (secondary N) is 1. The van der Waals surface area contributed by atoms with Gasteiger partial charge in [-0.3, -0.25) is 4.79 Å². The zero-order valence-electron chi connectivity index (χ0n) is 15.2. The van der Waals surface area contributed by atoms with Gasteiger partial charge in [0.2, 0.25) is 5.16 Å². The maximum atomic E-state index is 13.0. The highest BCUT2D eigenvalue weighted by Gasteiger charge is 2.11. The Morgan fingerprint density at radius 3 is 2.41 bits per heavy atom. The molecule has 1 heterocycles. The van der Waals surface area contributed by atoms with E-state index >= 15 is 0 Å². The molecule has 6 nitrogen and oxygen atoms in total. The van der Waals surface area contributed by atoms with Crippen molar-refractivity contribution in [2.75, 3.05) is 5.32 Å². The summed E-state index contributed by atoms with van der Waals surface area (Å²) in [6, 6.07) is 22.6. The van der Waals surface area contributed by atoms with E-state index in [-0.39, 0.29) is 11.7 Å². The second-order valence-electron chi connectivity index (χ2n) is 6.16. The highest BCUT2D eigenvalue weighted by Crippen LogP contribution is 2.23. The highest BCUT2D eigenvalue weighted by atomic mass is 32.2. The first-order chi connectivity index (χ1) is 14.2. The third-order valence-electron chi connectivity index (χ3n) is 4.13. The van der Waals surface area contributed by atoms with Crippen molar-refractivity contribution in [2.45, 2.75) is 10.9 Å². The number of carbonyl (C=O) groups is 1. The minimum atomic E-state index is -0.264. The molecule has 0 radical (unpaired) electrons. The first-order valence-electron chi connectivity index (χ1n) is 8.81. The van der Waals surface area contributed by atoms with Gasteiger partial charge in [0.25, 0.3) is 5.91 Å². The van der Waals surface area contributed by atoms with Gasteiger partial charge in [-0.15, -0.1) is 5.10 Å². The Hall–Kier alpha value is -3.52. The van der Waals surface area contributed by atoms with Crippen LogP contribution in [0, 0.1) is 5.82 Å². The SMILES string of the molecule is O=C(Nc1ccccc1)c1ccc(-n2nnnc2SCc2ccc(F)cc2)cc1. The zero-order chi connectivity index (χ0) is 20.1. The van der Waals surface area contributed by atoms with Crippen LogP contribution in [0.4, 0.5) is 10.1 Å². The number of halogens is 1. The van der Waals surface area contributed by atoms with Crippen LogP contribution in [0.1, 0.15) is 15.9 Å². The van der Waals surface area contributed by atoms with E-state index in [9.17, 15) is 9.18 Å². The predicted molar refractivity (Wildman–Crippen MR) is 110 cm³/mol. The lowest BCUT2D eigenvalue weighted by molar-refractivity contribution is 0.102. The molecule has 0 aliphatic heterocycles. The second kappa shape index (κ2) is 8.66. The van der Waals surface area contributed by atoms with E-state index < -0.39 is 0 Å². The number of para-hydroxylation sites is 1. The van der Waals surface area contributed by atoms with Crippen molar-refractivity contribution in [3.8, 4) is 5.69 Å². The molecule has 3 aromatic carbocycles. The van der Waals surface area contributed by atoms with Crippen molar-refractivity contribution in [2.24, 2.45) is 0 Å². The van der Waals surface area contributed by atoms with Gasteiger partial charge < -0.3 is 5.32 Å². The first-order valence-corrected chi connectivity index (χ1v) is 9.80. The largest absolute Gasteiger partial charge is 0.322 e. The van der Waals surface area contributed by atoms with Gasteiger partial charge >= 0.3 is 0 Å². The summed E-state index contributed by atoms with van der Waals surface area (Å²) in [5.74, 6) is 0.156. The minimum absolute atomic E-state index is 0.189. The Bertz CT molecular complexity index is 1100. The van der Waals surface area contributed by atoms with Gasteiger partial charge in [-0.05, 0) is 64.5 Å². The number of carbonyl (C=O) groups excluding carboxylic acids is 1. The molecule has 0 fully saturated rings. The standard InChI is InChI=1S/C21H16FN5OS/c22-17-10-6-15(7-11-17)14-29-21-24-25-26-27(21)19-12-8-16(9-13-19)20(28)23-18-4-2-1-3-5-18/h1-13H,14H2,(H,23,28). The van der Waals surface area contributed by atoms with Crippen molar-refractivity contribution in [3.05, 3.63) is 95.8 Å². The van der Waals surface area contributed by atoms with E-state index in [0.29, 0.717) is 16.5 Å². The molecule has 0 saturated carbocycles. The Kier molecular flexibility index (Phi) is 5.62. The highest BCUT2D eigenvalue weighted by molar-refractivity contribution is 7.98. The lowest BCUT2D eigenvalue weighted by Crippen LogP contribution is -2.11. The number of aromatic nitrogens is 4. The summed E-state index contributed by atoms with van der Waals surface area (Å²) in [6.07, 6.45) is 0. The van der Waals surface area contributed by atoms with Crippen LogP contribution in [0.5, 0.6) is 0 Å². The molecule has 1 N–H and O–H groups in total. The maximum Gasteiger partial charge on any atom is 0.255 e. The van der Waals surface area contributed by atoms with Crippen LogP contribution >= 0.6 is 11.8 Å². The summed E-state index contributed by atoms with van der Waals surface area (Å²) in [6.45, 7) is 0. The summed E-state index contributed by atoms with van der Waals surface area (Å²) in [7, 11) is 0. The number of hydrogen-bond acceptors (Lipinski definition) is 5. The molecule has 0 atom stereocenters. The number of thioether (sulfide) groups is 1. The van der Waals surface area contributed by atoms with Crippen molar-refractivity contribution in [3.63, 3.8) is 0 Å². The zero-order valence-corrected chi connectivity index (χ0v) is 16.0. The average Bonchev–Trinajstić information content (AvgIpc) is 3.23. The van der Waals surface area contributed by atoms with Crippen LogP contribution in [0.25, 0.3) is 5.69 Å². The third-order valence-corrected chi connectivity index (χ3v) is 5.12. The topological polar surface area (TPSA) is 72.7 Å². The van der Waals surface area contributed by atoms with Crippen LogP contribution in [-0.4, -0.2) is 26.1 Å². The molecular formula is C21H16FN5OS.